The van der Waals surface area contributed by atoms with Gasteiger partial charge in [-0.3, -0.25) is 9.48 Å². The monoisotopic (exact) mass is 336 g/mol. The summed E-state index contributed by atoms with van der Waals surface area (Å²) in [5.41, 5.74) is 7.49. The van der Waals surface area contributed by atoms with Crippen LogP contribution in [0.3, 0.4) is 0 Å². The van der Waals surface area contributed by atoms with Crippen LogP contribution in [0.25, 0.3) is 0 Å². The predicted molar refractivity (Wildman–Crippen MR) is 82.3 cm³/mol. The zero-order valence-electron chi connectivity index (χ0n) is 11.4. The molecule has 3 N–H and O–H groups in total. The summed E-state index contributed by atoms with van der Waals surface area (Å²) >= 11 is 3.39. The van der Waals surface area contributed by atoms with Crippen LogP contribution in [0, 0.1) is 0 Å². The Kier molecular flexibility index (Phi) is 4.44. The van der Waals surface area contributed by atoms with Gasteiger partial charge in [0.05, 0.1) is 11.7 Å². The van der Waals surface area contributed by atoms with Crippen molar-refractivity contribution in [3.8, 4) is 0 Å². The summed E-state index contributed by atoms with van der Waals surface area (Å²) in [6, 6.07) is 7.70. The average Bonchev–Trinajstić information content (AvgIpc) is 2.80. The number of halogens is 1. The summed E-state index contributed by atoms with van der Waals surface area (Å²) in [5, 5.41) is 7.06. The van der Waals surface area contributed by atoms with Crippen molar-refractivity contribution in [3.05, 3.63) is 46.2 Å². The third-order valence-electron chi connectivity index (χ3n) is 3.05. The molecule has 6 heteroatoms. The molecular weight excluding hydrogens is 320 g/mol. The van der Waals surface area contributed by atoms with Crippen LogP contribution in [-0.2, 0) is 6.54 Å². The van der Waals surface area contributed by atoms with Crippen LogP contribution < -0.4 is 11.1 Å². The largest absolute Gasteiger partial charge is 0.396 e. The quantitative estimate of drug-likeness (QED) is 0.901. The zero-order valence-corrected chi connectivity index (χ0v) is 13.0. The molecule has 0 aliphatic carbocycles. The van der Waals surface area contributed by atoms with Gasteiger partial charge in [-0.05, 0) is 31.5 Å². The van der Waals surface area contributed by atoms with Crippen molar-refractivity contribution in [1.29, 1.82) is 0 Å². The summed E-state index contributed by atoms with van der Waals surface area (Å²) in [4.78, 5) is 12.2. The molecule has 0 bridgehead atoms. The maximum Gasteiger partial charge on any atom is 0.274 e. The van der Waals surface area contributed by atoms with Gasteiger partial charge in [-0.1, -0.05) is 28.1 Å². The smallest absolute Gasteiger partial charge is 0.274 e. The lowest BCUT2D eigenvalue weighted by Gasteiger charge is -2.13. The Balaban J connectivity index is 2.10. The van der Waals surface area contributed by atoms with E-state index in [0.717, 1.165) is 10.0 Å². The highest BCUT2D eigenvalue weighted by Gasteiger charge is 2.17. The van der Waals surface area contributed by atoms with Crippen molar-refractivity contribution in [2.75, 3.05) is 5.73 Å². The summed E-state index contributed by atoms with van der Waals surface area (Å²) in [6.07, 6.45) is 1.67. The fourth-order valence-corrected chi connectivity index (χ4v) is 2.14. The first-order valence-corrected chi connectivity index (χ1v) is 7.19. The fourth-order valence-electron chi connectivity index (χ4n) is 1.88. The number of carbonyl (C=O) groups excluding carboxylic acids is 1. The third-order valence-corrected chi connectivity index (χ3v) is 3.58. The number of nitrogen functional groups attached to an aromatic ring is 1. The number of nitrogens with two attached hydrogens (primary N) is 1. The van der Waals surface area contributed by atoms with Crippen LogP contribution in [0.4, 0.5) is 5.69 Å². The van der Waals surface area contributed by atoms with Gasteiger partial charge in [0.15, 0.2) is 5.69 Å². The SMILES string of the molecule is CCn1cc(N)c(C(=O)N[C@@H](C)c2ccc(Br)cc2)n1. The molecule has 0 radical (unpaired) electrons. The number of benzene rings is 1. The Labute approximate surface area is 126 Å². The summed E-state index contributed by atoms with van der Waals surface area (Å²) in [7, 11) is 0. The number of nitrogens with zero attached hydrogens (tertiary/aromatic N) is 2. The van der Waals surface area contributed by atoms with Crippen molar-refractivity contribution in [2.24, 2.45) is 0 Å². The highest BCUT2D eigenvalue weighted by Crippen LogP contribution is 2.17. The van der Waals surface area contributed by atoms with E-state index in [0.29, 0.717) is 12.2 Å². The molecule has 0 spiro atoms. The number of aryl methyl sites for hydroxylation is 1. The summed E-state index contributed by atoms with van der Waals surface area (Å²) in [6.45, 7) is 4.55. The molecule has 0 saturated heterocycles. The third kappa shape index (κ3) is 3.19. The Morgan fingerprint density at radius 3 is 2.65 bits per heavy atom. The van der Waals surface area contributed by atoms with Crippen molar-refractivity contribution in [2.45, 2.75) is 26.4 Å². The van der Waals surface area contributed by atoms with Gasteiger partial charge in [-0.15, -0.1) is 0 Å². The maximum absolute atomic E-state index is 12.2. The fraction of sp³-hybridized carbons (Fsp3) is 0.286. The number of anilines is 1. The second kappa shape index (κ2) is 6.09. The number of carbonyl (C=O) groups is 1. The normalized spacial score (nSPS) is 12.2. The highest BCUT2D eigenvalue weighted by molar-refractivity contribution is 9.10. The topological polar surface area (TPSA) is 72.9 Å². The minimum Gasteiger partial charge on any atom is -0.396 e. The Morgan fingerprint density at radius 1 is 1.45 bits per heavy atom. The van der Waals surface area contributed by atoms with Gasteiger partial charge in [-0.25, -0.2) is 0 Å². The van der Waals surface area contributed by atoms with E-state index in [1.54, 1.807) is 10.9 Å². The van der Waals surface area contributed by atoms with Crippen LogP contribution in [0.2, 0.25) is 0 Å². The van der Waals surface area contributed by atoms with Gasteiger partial charge >= 0.3 is 0 Å². The van der Waals surface area contributed by atoms with Crippen molar-refractivity contribution in [1.82, 2.24) is 15.1 Å². The minimum absolute atomic E-state index is 0.109. The van der Waals surface area contributed by atoms with E-state index in [1.807, 2.05) is 38.1 Å². The summed E-state index contributed by atoms with van der Waals surface area (Å²) < 4.78 is 2.65. The van der Waals surface area contributed by atoms with Gasteiger partial charge in [-0.2, -0.15) is 5.10 Å². The van der Waals surface area contributed by atoms with Crippen LogP contribution in [0.5, 0.6) is 0 Å². The number of aromatic nitrogens is 2. The van der Waals surface area contributed by atoms with E-state index in [1.165, 1.54) is 0 Å². The van der Waals surface area contributed by atoms with Gasteiger partial charge in [0.2, 0.25) is 0 Å². The highest BCUT2D eigenvalue weighted by atomic mass is 79.9. The number of nitrogens with one attached hydrogen (secondary N) is 1. The molecule has 0 saturated carbocycles. The number of hydrogen-bond donors (Lipinski definition) is 2. The maximum atomic E-state index is 12.2. The van der Waals surface area contributed by atoms with E-state index in [9.17, 15) is 4.79 Å². The predicted octanol–water partition coefficient (Wildman–Crippen LogP) is 2.74. The minimum atomic E-state index is -0.259. The van der Waals surface area contributed by atoms with Gasteiger partial charge in [0.1, 0.15) is 0 Å². The first-order valence-electron chi connectivity index (χ1n) is 6.40. The summed E-state index contributed by atoms with van der Waals surface area (Å²) in [5.74, 6) is -0.259. The van der Waals surface area contributed by atoms with Crippen molar-refractivity contribution in [3.63, 3.8) is 0 Å². The van der Waals surface area contributed by atoms with Gasteiger partial charge < -0.3 is 11.1 Å². The average molecular weight is 337 g/mol. The second-order valence-electron chi connectivity index (χ2n) is 4.54. The standard InChI is InChI=1S/C14H17BrN4O/c1-3-19-8-12(16)13(18-19)14(20)17-9(2)10-4-6-11(15)7-5-10/h4-9H,3,16H2,1-2H3,(H,17,20)/t9-/m0/s1. The Hall–Kier alpha value is -1.82. The first-order chi connectivity index (χ1) is 9.51. The van der Waals surface area contributed by atoms with E-state index in [-0.39, 0.29) is 17.6 Å². The molecule has 2 aromatic rings. The first kappa shape index (κ1) is 14.6. The molecule has 1 amide bonds. The van der Waals surface area contributed by atoms with Crippen molar-refractivity contribution >= 4 is 27.5 Å². The molecule has 1 atom stereocenters. The number of amides is 1. The molecule has 0 aliphatic rings. The zero-order chi connectivity index (χ0) is 14.7. The molecule has 106 valence electrons. The molecule has 0 fully saturated rings. The molecule has 1 aromatic carbocycles. The molecule has 0 unspecified atom stereocenters. The molecule has 20 heavy (non-hydrogen) atoms. The molecule has 1 heterocycles. The number of rotatable bonds is 4. The molecule has 1 aromatic heterocycles. The van der Waals surface area contributed by atoms with E-state index >= 15 is 0 Å². The molecule has 5 nitrogen and oxygen atoms in total. The van der Waals surface area contributed by atoms with Crippen molar-refractivity contribution < 1.29 is 4.79 Å². The van der Waals surface area contributed by atoms with Crippen LogP contribution >= 0.6 is 15.9 Å². The van der Waals surface area contributed by atoms with Crippen LogP contribution in [0.15, 0.2) is 34.9 Å². The van der Waals surface area contributed by atoms with Crippen LogP contribution in [0.1, 0.15) is 35.9 Å². The molecule has 0 aliphatic heterocycles. The lowest BCUT2D eigenvalue weighted by atomic mass is 10.1. The van der Waals surface area contributed by atoms with E-state index < -0.39 is 0 Å². The Bertz CT molecular complexity index is 606. The lowest BCUT2D eigenvalue weighted by Crippen LogP contribution is -2.27. The molecule has 2 rings (SSSR count). The van der Waals surface area contributed by atoms with Gasteiger partial charge in [0, 0.05) is 17.2 Å². The number of hydrogen-bond acceptors (Lipinski definition) is 3. The lowest BCUT2D eigenvalue weighted by molar-refractivity contribution is 0.0935. The van der Waals surface area contributed by atoms with E-state index in [2.05, 4.69) is 26.3 Å². The van der Waals surface area contributed by atoms with E-state index in [4.69, 9.17) is 5.73 Å². The molecular formula is C14H17BrN4O. The Morgan fingerprint density at radius 2 is 2.10 bits per heavy atom. The van der Waals surface area contributed by atoms with Gasteiger partial charge in [0.25, 0.3) is 5.91 Å². The second-order valence-corrected chi connectivity index (χ2v) is 5.45. The van der Waals surface area contributed by atoms with Crippen LogP contribution in [-0.4, -0.2) is 15.7 Å².